The van der Waals surface area contributed by atoms with E-state index in [4.69, 9.17) is 0 Å². The van der Waals surface area contributed by atoms with Gasteiger partial charge in [0, 0.05) is 23.4 Å². The molecule has 1 atom stereocenters. The summed E-state index contributed by atoms with van der Waals surface area (Å²) in [5.41, 5.74) is 10.8. The number of anilines is 1. The number of hydrogen-bond acceptors (Lipinski definition) is 2. The van der Waals surface area contributed by atoms with Gasteiger partial charge in [0.15, 0.2) is 0 Å². The third-order valence-corrected chi connectivity index (χ3v) is 10.2. The summed E-state index contributed by atoms with van der Waals surface area (Å²) in [5, 5.41) is 15.6. The van der Waals surface area contributed by atoms with Gasteiger partial charge in [-0.15, -0.1) is 0 Å². The molecule has 52 heavy (non-hydrogen) atoms. The van der Waals surface area contributed by atoms with Crippen molar-refractivity contribution in [3.8, 4) is 33.4 Å². The van der Waals surface area contributed by atoms with Crippen molar-refractivity contribution in [1.82, 2.24) is 5.32 Å². The summed E-state index contributed by atoms with van der Waals surface area (Å²) in [4.78, 5) is 0. The largest absolute Gasteiger partial charge is 0.365 e. The zero-order chi connectivity index (χ0) is 34.7. The van der Waals surface area contributed by atoms with Crippen molar-refractivity contribution < 1.29 is 0 Å². The van der Waals surface area contributed by atoms with Crippen molar-refractivity contribution in [1.29, 1.82) is 0 Å². The smallest absolute Gasteiger partial charge is 0.105 e. The zero-order valence-electron chi connectivity index (χ0n) is 28.8. The molecule has 9 rings (SSSR count). The van der Waals surface area contributed by atoms with Gasteiger partial charge in [0.05, 0.1) is 0 Å². The molecule has 0 radical (unpaired) electrons. The predicted molar refractivity (Wildman–Crippen MR) is 221 cm³/mol. The van der Waals surface area contributed by atoms with Gasteiger partial charge in [0.25, 0.3) is 0 Å². The Bertz CT molecular complexity index is 2650. The van der Waals surface area contributed by atoms with Crippen LogP contribution in [0.1, 0.15) is 17.3 Å². The molecule has 0 aliphatic carbocycles. The SMILES string of the molecule is c1ccc(-c2ccc(-c3ccccc3)c(CNC(Nc3ccccc3-c3ccccc3)c3c4ccccc4cc4c3ccc3ccccc34)c2)cc1. The minimum atomic E-state index is -0.233. The van der Waals surface area contributed by atoms with Crippen LogP contribution in [0, 0.1) is 0 Å². The van der Waals surface area contributed by atoms with Crippen molar-refractivity contribution in [3.63, 3.8) is 0 Å². The fraction of sp³-hybridized carbons (Fsp3) is 0.0400. The van der Waals surface area contributed by atoms with E-state index in [2.05, 4.69) is 211 Å². The Morgan fingerprint density at radius 1 is 0.365 bits per heavy atom. The van der Waals surface area contributed by atoms with E-state index in [1.54, 1.807) is 0 Å². The number of benzene rings is 9. The Labute approximate surface area is 305 Å². The highest BCUT2D eigenvalue weighted by Gasteiger charge is 2.21. The van der Waals surface area contributed by atoms with E-state index in [0.29, 0.717) is 6.54 Å². The molecule has 0 amide bonds. The lowest BCUT2D eigenvalue weighted by Crippen LogP contribution is -2.28. The van der Waals surface area contributed by atoms with Crippen LogP contribution >= 0.6 is 0 Å². The molecule has 0 aliphatic heterocycles. The van der Waals surface area contributed by atoms with E-state index in [-0.39, 0.29) is 6.17 Å². The van der Waals surface area contributed by atoms with Crippen molar-refractivity contribution in [3.05, 3.63) is 211 Å². The van der Waals surface area contributed by atoms with Gasteiger partial charge in [-0.25, -0.2) is 0 Å². The lowest BCUT2D eigenvalue weighted by molar-refractivity contribution is 0.594. The maximum Gasteiger partial charge on any atom is 0.105 e. The Balaban J connectivity index is 1.23. The fourth-order valence-electron chi connectivity index (χ4n) is 7.69. The Morgan fingerprint density at radius 2 is 0.962 bits per heavy atom. The van der Waals surface area contributed by atoms with Gasteiger partial charge in [0.1, 0.15) is 6.17 Å². The van der Waals surface area contributed by atoms with Gasteiger partial charge in [-0.05, 0) is 83.9 Å². The molecular formula is C50H38N2. The molecule has 0 aromatic heterocycles. The van der Waals surface area contributed by atoms with Gasteiger partial charge < -0.3 is 5.32 Å². The van der Waals surface area contributed by atoms with Crippen molar-refractivity contribution in [2.45, 2.75) is 12.7 Å². The van der Waals surface area contributed by atoms with E-state index in [9.17, 15) is 0 Å². The number of rotatable bonds is 9. The van der Waals surface area contributed by atoms with Crippen LogP contribution in [0.25, 0.3) is 65.7 Å². The predicted octanol–water partition coefficient (Wildman–Crippen LogP) is 13.0. The molecule has 0 spiro atoms. The van der Waals surface area contributed by atoms with Crippen LogP contribution in [0.4, 0.5) is 5.69 Å². The molecule has 248 valence electrons. The lowest BCUT2D eigenvalue weighted by atomic mass is 9.91. The second-order valence-electron chi connectivity index (χ2n) is 13.4. The summed E-state index contributed by atoms with van der Waals surface area (Å²) in [7, 11) is 0. The normalized spacial score (nSPS) is 11.9. The van der Waals surface area contributed by atoms with Crippen molar-refractivity contribution in [2.75, 3.05) is 5.32 Å². The highest BCUT2D eigenvalue weighted by molar-refractivity contribution is 6.14. The highest BCUT2D eigenvalue weighted by atomic mass is 15.1. The van der Waals surface area contributed by atoms with Gasteiger partial charge >= 0.3 is 0 Å². The molecule has 2 N–H and O–H groups in total. The summed E-state index contributed by atoms with van der Waals surface area (Å²) in [5.74, 6) is 0. The molecular weight excluding hydrogens is 629 g/mol. The minimum Gasteiger partial charge on any atom is -0.365 e. The summed E-state index contributed by atoms with van der Waals surface area (Å²) < 4.78 is 0. The molecule has 9 aromatic carbocycles. The maximum atomic E-state index is 4.09. The maximum absolute atomic E-state index is 4.09. The van der Waals surface area contributed by atoms with E-state index in [1.807, 2.05) is 0 Å². The summed E-state index contributed by atoms with van der Waals surface area (Å²) in [6, 6.07) is 72.1. The summed E-state index contributed by atoms with van der Waals surface area (Å²) >= 11 is 0. The first-order valence-electron chi connectivity index (χ1n) is 18.0. The molecule has 9 aromatic rings. The van der Waals surface area contributed by atoms with Gasteiger partial charge in [-0.2, -0.15) is 0 Å². The van der Waals surface area contributed by atoms with Gasteiger partial charge in [-0.1, -0.05) is 182 Å². The molecule has 0 heterocycles. The molecule has 0 saturated heterocycles. The molecule has 0 aliphatic rings. The van der Waals surface area contributed by atoms with Crippen molar-refractivity contribution >= 4 is 38.0 Å². The second-order valence-corrected chi connectivity index (χ2v) is 13.4. The van der Waals surface area contributed by atoms with E-state index in [0.717, 1.165) is 5.69 Å². The molecule has 0 bridgehead atoms. The standard InChI is InChI=1S/C50H38N2/c1-4-16-35(17-5-1)39-29-30-42(36-18-6-2-7-19-36)41(32-39)34-51-50(52-48-27-15-14-25-44(48)37-20-8-3-9-21-37)49-45-26-13-11-23-40(45)33-47-43-24-12-10-22-38(43)28-31-46(47)49/h1-33,50-52H,34H2. The minimum absolute atomic E-state index is 0.233. The average Bonchev–Trinajstić information content (AvgIpc) is 3.22. The third kappa shape index (κ3) is 6.11. The monoisotopic (exact) mass is 666 g/mol. The Kier molecular flexibility index (Phi) is 8.50. The Morgan fingerprint density at radius 3 is 1.71 bits per heavy atom. The molecule has 2 nitrogen and oxygen atoms in total. The molecule has 0 fully saturated rings. The zero-order valence-corrected chi connectivity index (χ0v) is 28.8. The molecule has 2 heteroatoms. The lowest BCUT2D eigenvalue weighted by Gasteiger charge is -2.27. The van der Waals surface area contributed by atoms with Crippen LogP contribution in [-0.4, -0.2) is 0 Å². The number of para-hydroxylation sites is 1. The van der Waals surface area contributed by atoms with Crippen LogP contribution in [-0.2, 0) is 6.54 Å². The summed E-state index contributed by atoms with van der Waals surface area (Å²) in [6.07, 6.45) is -0.233. The summed E-state index contributed by atoms with van der Waals surface area (Å²) in [6.45, 7) is 0.647. The first-order chi connectivity index (χ1) is 25.8. The number of nitrogens with one attached hydrogen (secondary N) is 2. The topological polar surface area (TPSA) is 24.1 Å². The van der Waals surface area contributed by atoms with Crippen LogP contribution < -0.4 is 10.6 Å². The fourth-order valence-corrected chi connectivity index (χ4v) is 7.69. The second kappa shape index (κ2) is 14.0. The van der Waals surface area contributed by atoms with Crippen LogP contribution in [0.5, 0.6) is 0 Å². The number of fused-ring (bicyclic) bond motifs is 4. The van der Waals surface area contributed by atoms with Crippen LogP contribution in [0.3, 0.4) is 0 Å². The molecule has 0 saturated carbocycles. The molecule has 1 unspecified atom stereocenters. The van der Waals surface area contributed by atoms with Crippen molar-refractivity contribution in [2.24, 2.45) is 0 Å². The number of hydrogen-bond donors (Lipinski definition) is 2. The first kappa shape index (κ1) is 31.5. The van der Waals surface area contributed by atoms with E-state index >= 15 is 0 Å². The van der Waals surface area contributed by atoms with Gasteiger partial charge in [0.2, 0.25) is 0 Å². The van der Waals surface area contributed by atoms with Crippen LogP contribution in [0.2, 0.25) is 0 Å². The average molecular weight is 667 g/mol. The quantitative estimate of drug-likeness (QED) is 0.0910. The third-order valence-electron chi connectivity index (χ3n) is 10.2. The highest BCUT2D eigenvalue weighted by Crippen LogP contribution is 2.39. The van der Waals surface area contributed by atoms with Crippen LogP contribution in [0.15, 0.2) is 200 Å². The Hall–Kier alpha value is -6.48. The first-order valence-corrected chi connectivity index (χ1v) is 18.0. The van der Waals surface area contributed by atoms with E-state index in [1.165, 1.54) is 76.8 Å². The van der Waals surface area contributed by atoms with Gasteiger partial charge in [-0.3, -0.25) is 5.32 Å². The van der Waals surface area contributed by atoms with E-state index < -0.39 is 0 Å².